The van der Waals surface area contributed by atoms with Gasteiger partial charge in [0.1, 0.15) is 5.75 Å². The Hall–Kier alpha value is -1.13. The summed E-state index contributed by atoms with van der Waals surface area (Å²) in [7, 11) is 1.62. The second-order valence-electron chi connectivity index (χ2n) is 4.49. The van der Waals surface area contributed by atoms with Crippen LogP contribution < -0.4 is 19.9 Å². The Labute approximate surface area is 118 Å². The lowest BCUT2D eigenvalue weighted by molar-refractivity contribution is 0.295. The van der Waals surface area contributed by atoms with Crippen molar-refractivity contribution in [2.24, 2.45) is 5.73 Å². The standard InChI is InChI=1S/C14H20ClNO3/c1-17-13-10(5-2-3-6-16)14-12(9-11(13)15)18-7-4-8-19-14/h9H,2-8,16H2,1H3. The lowest BCUT2D eigenvalue weighted by atomic mass is 10.0. The Balaban J connectivity index is 2.37. The largest absolute Gasteiger partial charge is 0.495 e. The molecule has 2 N–H and O–H groups in total. The molecule has 0 amide bonds. The maximum Gasteiger partial charge on any atom is 0.168 e. The molecule has 0 bridgehead atoms. The third-order valence-corrected chi connectivity index (χ3v) is 3.41. The van der Waals surface area contributed by atoms with Crippen LogP contribution in [0.25, 0.3) is 0 Å². The van der Waals surface area contributed by atoms with Gasteiger partial charge in [0.2, 0.25) is 0 Å². The smallest absolute Gasteiger partial charge is 0.168 e. The summed E-state index contributed by atoms with van der Waals surface area (Å²) >= 11 is 6.25. The average molecular weight is 286 g/mol. The van der Waals surface area contributed by atoms with E-state index in [9.17, 15) is 0 Å². The molecule has 0 saturated carbocycles. The monoisotopic (exact) mass is 285 g/mol. The number of methoxy groups -OCH3 is 1. The van der Waals surface area contributed by atoms with Crippen molar-refractivity contribution < 1.29 is 14.2 Å². The summed E-state index contributed by atoms with van der Waals surface area (Å²) in [5.41, 5.74) is 6.53. The lowest BCUT2D eigenvalue weighted by Crippen LogP contribution is -2.03. The van der Waals surface area contributed by atoms with Crippen LogP contribution in [0.15, 0.2) is 6.07 Å². The van der Waals surface area contributed by atoms with Crippen LogP contribution in [0.1, 0.15) is 24.8 Å². The van der Waals surface area contributed by atoms with E-state index in [4.69, 9.17) is 31.5 Å². The first kappa shape index (κ1) is 14.3. The Morgan fingerprint density at radius 2 is 2.11 bits per heavy atom. The third-order valence-electron chi connectivity index (χ3n) is 3.12. The fraction of sp³-hybridized carbons (Fsp3) is 0.571. The van der Waals surface area contributed by atoms with Gasteiger partial charge in [0.05, 0.1) is 25.3 Å². The number of hydrogen-bond acceptors (Lipinski definition) is 4. The quantitative estimate of drug-likeness (QED) is 0.845. The van der Waals surface area contributed by atoms with Gasteiger partial charge in [-0.05, 0) is 25.8 Å². The first-order chi connectivity index (χ1) is 9.27. The van der Waals surface area contributed by atoms with Crippen molar-refractivity contribution in [2.45, 2.75) is 25.7 Å². The molecule has 106 valence electrons. The summed E-state index contributed by atoms with van der Waals surface area (Å²) in [6.07, 6.45) is 3.64. The highest BCUT2D eigenvalue weighted by atomic mass is 35.5. The molecule has 1 aliphatic heterocycles. The molecule has 0 aliphatic carbocycles. The van der Waals surface area contributed by atoms with Crippen LogP contribution >= 0.6 is 11.6 Å². The second kappa shape index (κ2) is 6.87. The summed E-state index contributed by atoms with van der Waals surface area (Å²) in [5, 5.41) is 0.564. The molecule has 0 radical (unpaired) electrons. The van der Waals surface area contributed by atoms with Crippen LogP contribution in [0.3, 0.4) is 0 Å². The molecule has 0 spiro atoms. The first-order valence-corrected chi connectivity index (χ1v) is 7.00. The minimum absolute atomic E-state index is 0.564. The van der Waals surface area contributed by atoms with Crippen LogP contribution in [0, 0.1) is 0 Å². The zero-order valence-electron chi connectivity index (χ0n) is 11.2. The number of rotatable bonds is 5. The first-order valence-electron chi connectivity index (χ1n) is 6.63. The van der Waals surface area contributed by atoms with E-state index in [2.05, 4.69) is 0 Å². The second-order valence-corrected chi connectivity index (χ2v) is 4.90. The van der Waals surface area contributed by atoms with Gasteiger partial charge in [0, 0.05) is 18.1 Å². The molecule has 19 heavy (non-hydrogen) atoms. The van der Waals surface area contributed by atoms with Crippen LogP contribution in [0.2, 0.25) is 5.02 Å². The van der Waals surface area contributed by atoms with Gasteiger partial charge in [0.15, 0.2) is 11.5 Å². The zero-order chi connectivity index (χ0) is 13.7. The van der Waals surface area contributed by atoms with Gasteiger partial charge in [0.25, 0.3) is 0 Å². The molecule has 1 heterocycles. The number of hydrogen-bond donors (Lipinski definition) is 1. The molecule has 1 aromatic rings. The molecular formula is C14H20ClNO3. The number of unbranched alkanes of at least 4 members (excludes halogenated alkanes) is 1. The number of nitrogens with two attached hydrogens (primary N) is 1. The average Bonchev–Trinajstić information content (AvgIpc) is 2.64. The number of ether oxygens (including phenoxy) is 3. The van der Waals surface area contributed by atoms with Crippen LogP contribution in [-0.4, -0.2) is 26.9 Å². The van der Waals surface area contributed by atoms with Crippen LogP contribution in [0.4, 0.5) is 0 Å². The van der Waals surface area contributed by atoms with E-state index in [1.165, 1.54) is 0 Å². The Morgan fingerprint density at radius 3 is 2.84 bits per heavy atom. The molecule has 0 atom stereocenters. The zero-order valence-corrected chi connectivity index (χ0v) is 12.0. The van der Waals surface area contributed by atoms with E-state index in [1.807, 2.05) is 0 Å². The molecule has 5 heteroatoms. The van der Waals surface area contributed by atoms with Crippen molar-refractivity contribution in [1.82, 2.24) is 0 Å². The maximum absolute atomic E-state index is 6.25. The summed E-state index contributed by atoms with van der Waals surface area (Å²) in [5.74, 6) is 2.17. The minimum Gasteiger partial charge on any atom is -0.495 e. The van der Waals surface area contributed by atoms with Crippen molar-refractivity contribution in [3.05, 3.63) is 16.7 Å². The SMILES string of the molecule is COc1c(Cl)cc2c(c1CCCCN)OCCCO2. The minimum atomic E-state index is 0.564. The Kier molecular flexibility index (Phi) is 5.16. The highest BCUT2D eigenvalue weighted by molar-refractivity contribution is 6.32. The van der Waals surface area contributed by atoms with Crippen LogP contribution in [0.5, 0.6) is 17.2 Å². The number of fused-ring (bicyclic) bond motifs is 1. The molecule has 0 saturated heterocycles. The highest BCUT2D eigenvalue weighted by Gasteiger charge is 2.21. The summed E-state index contributed by atoms with van der Waals surface area (Å²) in [6, 6.07) is 1.77. The van der Waals surface area contributed by atoms with Crippen molar-refractivity contribution >= 4 is 11.6 Å². The van der Waals surface area contributed by atoms with Gasteiger partial charge in [-0.3, -0.25) is 0 Å². The van der Waals surface area contributed by atoms with Gasteiger partial charge in [-0.1, -0.05) is 11.6 Å². The number of benzene rings is 1. The third kappa shape index (κ3) is 3.25. The normalized spacial score (nSPS) is 14.1. The molecular weight excluding hydrogens is 266 g/mol. The van der Waals surface area contributed by atoms with Crippen molar-refractivity contribution in [3.63, 3.8) is 0 Å². The summed E-state index contributed by atoms with van der Waals surface area (Å²) in [6.45, 7) is 1.99. The molecule has 1 aromatic carbocycles. The van der Waals surface area contributed by atoms with Crippen molar-refractivity contribution in [3.8, 4) is 17.2 Å². The summed E-state index contributed by atoms with van der Waals surface area (Å²) < 4.78 is 16.9. The predicted octanol–water partition coefficient (Wildman–Crippen LogP) is 2.79. The Morgan fingerprint density at radius 1 is 1.32 bits per heavy atom. The molecule has 0 fully saturated rings. The van der Waals surface area contributed by atoms with Crippen molar-refractivity contribution in [2.75, 3.05) is 26.9 Å². The van der Waals surface area contributed by atoms with E-state index < -0.39 is 0 Å². The van der Waals surface area contributed by atoms with E-state index in [0.717, 1.165) is 37.0 Å². The van der Waals surface area contributed by atoms with Crippen molar-refractivity contribution in [1.29, 1.82) is 0 Å². The fourth-order valence-electron chi connectivity index (χ4n) is 2.22. The molecule has 2 rings (SSSR count). The van der Waals surface area contributed by atoms with Gasteiger partial charge in [-0.25, -0.2) is 0 Å². The fourth-order valence-corrected chi connectivity index (χ4v) is 2.51. The topological polar surface area (TPSA) is 53.7 Å². The predicted molar refractivity (Wildman–Crippen MR) is 75.6 cm³/mol. The lowest BCUT2D eigenvalue weighted by Gasteiger charge is -2.17. The van der Waals surface area contributed by atoms with E-state index in [1.54, 1.807) is 13.2 Å². The van der Waals surface area contributed by atoms with Gasteiger partial charge in [-0.2, -0.15) is 0 Å². The molecule has 0 unspecified atom stereocenters. The van der Waals surface area contributed by atoms with Crippen LogP contribution in [-0.2, 0) is 6.42 Å². The van der Waals surface area contributed by atoms with Gasteiger partial charge in [-0.15, -0.1) is 0 Å². The molecule has 1 aliphatic rings. The van der Waals surface area contributed by atoms with E-state index in [-0.39, 0.29) is 0 Å². The van der Waals surface area contributed by atoms with E-state index >= 15 is 0 Å². The van der Waals surface area contributed by atoms with E-state index in [0.29, 0.717) is 36.3 Å². The maximum atomic E-state index is 6.25. The number of halogens is 1. The summed E-state index contributed by atoms with van der Waals surface area (Å²) in [4.78, 5) is 0. The Bertz CT molecular complexity index is 437. The van der Waals surface area contributed by atoms with Gasteiger partial charge >= 0.3 is 0 Å². The van der Waals surface area contributed by atoms with Gasteiger partial charge < -0.3 is 19.9 Å². The highest BCUT2D eigenvalue weighted by Crippen LogP contribution is 2.44. The molecule has 0 aromatic heterocycles. The molecule has 4 nitrogen and oxygen atoms in total.